The molecule has 2 fully saturated rings. The molecular weight excluding hydrogens is 449 g/mol. The lowest BCUT2D eigenvalue weighted by Gasteiger charge is -2.50. The first-order valence-electron chi connectivity index (χ1n) is 11.6. The van der Waals surface area contributed by atoms with Crippen molar-refractivity contribution >= 4 is 35.0 Å². The predicted molar refractivity (Wildman–Crippen MR) is 128 cm³/mol. The van der Waals surface area contributed by atoms with Gasteiger partial charge in [0.25, 0.3) is 0 Å². The van der Waals surface area contributed by atoms with Crippen molar-refractivity contribution in [2.45, 2.75) is 56.9 Å². The summed E-state index contributed by atoms with van der Waals surface area (Å²) < 4.78 is 0. The SMILES string of the molecule is CC(CCN1CCC(C(=O)N(C)CCO)(N2CCCCC2=O)CC1)c1ccc(Cl)c(Cl)c1. The second-order valence-corrected chi connectivity index (χ2v) is 10.0. The average molecular weight is 484 g/mol. The van der Waals surface area contributed by atoms with Crippen molar-refractivity contribution in [1.29, 1.82) is 0 Å². The zero-order valence-corrected chi connectivity index (χ0v) is 20.7. The van der Waals surface area contributed by atoms with Crippen LogP contribution in [0, 0.1) is 0 Å². The van der Waals surface area contributed by atoms with E-state index in [2.05, 4.69) is 11.8 Å². The quantitative estimate of drug-likeness (QED) is 0.610. The summed E-state index contributed by atoms with van der Waals surface area (Å²) in [4.78, 5) is 32.0. The molecule has 1 atom stereocenters. The number of aliphatic hydroxyl groups is 1. The van der Waals surface area contributed by atoms with Crippen LogP contribution in [0.3, 0.4) is 0 Å². The molecule has 0 bridgehead atoms. The van der Waals surface area contributed by atoms with E-state index in [0.717, 1.165) is 38.9 Å². The van der Waals surface area contributed by atoms with E-state index in [4.69, 9.17) is 23.2 Å². The largest absolute Gasteiger partial charge is 0.395 e. The summed E-state index contributed by atoms with van der Waals surface area (Å²) in [5, 5.41) is 10.5. The molecule has 2 aliphatic rings. The average Bonchev–Trinajstić information content (AvgIpc) is 2.79. The zero-order chi connectivity index (χ0) is 23.3. The summed E-state index contributed by atoms with van der Waals surface area (Å²) in [6.07, 6.45) is 4.60. The maximum absolute atomic E-state index is 13.5. The summed E-state index contributed by atoms with van der Waals surface area (Å²) in [7, 11) is 1.72. The fourth-order valence-electron chi connectivity index (χ4n) is 4.97. The van der Waals surface area contributed by atoms with Crippen molar-refractivity contribution in [3.63, 3.8) is 0 Å². The van der Waals surface area contributed by atoms with Gasteiger partial charge in [-0.2, -0.15) is 0 Å². The van der Waals surface area contributed by atoms with Crippen LogP contribution in [0.4, 0.5) is 0 Å². The number of likely N-dealkylation sites (N-methyl/N-ethyl adjacent to an activating group) is 1. The van der Waals surface area contributed by atoms with Gasteiger partial charge in [-0.15, -0.1) is 0 Å². The third-order valence-electron chi connectivity index (χ3n) is 7.09. The standard InChI is InChI=1S/C24H35Cl2N3O3/c1-18(19-6-7-20(25)21(26)17-19)8-12-28-13-9-24(10-14-28,23(32)27(2)15-16-30)29-11-4-3-5-22(29)31/h6-7,17-18,30H,3-5,8-16H2,1-2H3. The molecule has 32 heavy (non-hydrogen) atoms. The summed E-state index contributed by atoms with van der Waals surface area (Å²) in [5.74, 6) is 0.395. The molecule has 2 saturated heterocycles. The van der Waals surface area contributed by atoms with Crippen molar-refractivity contribution in [3.05, 3.63) is 33.8 Å². The molecule has 0 spiro atoms. The Morgan fingerprint density at radius 1 is 1.19 bits per heavy atom. The molecule has 1 aromatic rings. The van der Waals surface area contributed by atoms with Gasteiger partial charge >= 0.3 is 0 Å². The molecule has 8 heteroatoms. The van der Waals surface area contributed by atoms with Gasteiger partial charge in [0.05, 0.1) is 16.7 Å². The minimum absolute atomic E-state index is 0.0365. The number of amides is 2. The Bertz CT molecular complexity index is 812. The van der Waals surface area contributed by atoms with Crippen LogP contribution >= 0.6 is 23.2 Å². The molecule has 0 aromatic heterocycles. The van der Waals surface area contributed by atoms with Crippen LogP contribution in [0.15, 0.2) is 18.2 Å². The Morgan fingerprint density at radius 2 is 1.91 bits per heavy atom. The molecule has 0 radical (unpaired) electrons. The van der Waals surface area contributed by atoms with Gasteiger partial charge < -0.3 is 19.8 Å². The van der Waals surface area contributed by atoms with Crippen LogP contribution in [0.1, 0.15) is 56.9 Å². The van der Waals surface area contributed by atoms with Crippen LogP contribution in [-0.2, 0) is 9.59 Å². The fraction of sp³-hybridized carbons (Fsp3) is 0.667. The number of nitrogens with zero attached hydrogens (tertiary/aromatic N) is 3. The van der Waals surface area contributed by atoms with E-state index < -0.39 is 5.54 Å². The van der Waals surface area contributed by atoms with E-state index >= 15 is 0 Å². The van der Waals surface area contributed by atoms with Gasteiger partial charge in [0.1, 0.15) is 5.54 Å². The number of piperidine rings is 2. The molecular formula is C24H35Cl2N3O3. The third-order valence-corrected chi connectivity index (χ3v) is 7.83. The van der Waals surface area contributed by atoms with E-state index in [1.165, 1.54) is 5.56 Å². The van der Waals surface area contributed by atoms with Crippen molar-refractivity contribution in [3.8, 4) is 0 Å². The van der Waals surface area contributed by atoms with E-state index in [1.807, 2.05) is 23.1 Å². The molecule has 2 amide bonds. The highest BCUT2D eigenvalue weighted by molar-refractivity contribution is 6.42. The Morgan fingerprint density at radius 3 is 2.53 bits per heavy atom. The normalized spacial score (nSPS) is 20.3. The number of halogens is 2. The molecule has 1 unspecified atom stereocenters. The molecule has 0 saturated carbocycles. The Labute approximate surface area is 201 Å². The maximum atomic E-state index is 13.5. The maximum Gasteiger partial charge on any atom is 0.248 e. The van der Waals surface area contributed by atoms with Gasteiger partial charge in [-0.25, -0.2) is 0 Å². The number of benzene rings is 1. The molecule has 178 valence electrons. The van der Waals surface area contributed by atoms with Crippen LogP contribution in [0.25, 0.3) is 0 Å². The highest BCUT2D eigenvalue weighted by atomic mass is 35.5. The Balaban J connectivity index is 1.65. The number of likely N-dealkylation sites (tertiary alicyclic amines) is 2. The van der Waals surface area contributed by atoms with E-state index in [1.54, 1.807) is 11.9 Å². The van der Waals surface area contributed by atoms with Crippen molar-refractivity contribution in [2.24, 2.45) is 0 Å². The second-order valence-electron chi connectivity index (χ2n) is 9.19. The Hall–Kier alpha value is -1.34. The van der Waals surface area contributed by atoms with E-state index in [-0.39, 0.29) is 25.0 Å². The minimum atomic E-state index is -0.784. The number of carbonyl (C=O) groups excluding carboxylic acids is 2. The molecule has 1 N–H and O–H groups in total. The first-order chi connectivity index (χ1) is 15.3. The lowest BCUT2D eigenvalue weighted by atomic mass is 9.82. The topological polar surface area (TPSA) is 64.1 Å². The smallest absolute Gasteiger partial charge is 0.248 e. The van der Waals surface area contributed by atoms with Gasteiger partial charge in [0, 0.05) is 39.6 Å². The highest BCUT2D eigenvalue weighted by Gasteiger charge is 2.49. The highest BCUT2D eigenvalue weighted by Crippen LogP contribution is 2.35. The van der Waals surface area contributed by atoms with Crippen molar-refractivity contribution in [2.75, 3.05) is 46.4 Å². The van der Waals surface area contributed by atoms with E-state index in [0.29, 0.717) is 41.8 Å². The van der Waals surface area contributed by atoms with Gasteiger partial charge in [-0.3, -0.25) is 9.59 Å². The summed E-state index contributed by atoms with van der Waals surface area (Å²) in [6, 6.07) is 5.81. The number of rotatable bonds is 8. The molecule has 3 rings (SSSR count). The summed E-state index contributed by atoms with van der Waals surface area (Å²) in [5.41, 5.74) is 0.387. The molecule has 2 aliphatic heterocycles. The molecule has 6 nitrogen and oxygen atoms in total. The van der Waals surface area contributed by atoms with E-state index in [9.17, 15) is 14.7 Å². The summed E-state index contributed by atoms with van der Waals surface area (Å²) >= 11 is 12.2. The van der Waals surface area contributed by atoms with Crippen LogP contribution in [-0.4, -0.2) is 83.5 Å². The number of hydrogen-bond acceptors (Lipinski definition) is 4. The fourth-order valence-corrected chi connectivity index (χ4v) is 5.28. The van der Waals surface area contributed by atoms with Gasteiger partial charge in [0.2, 0.25) is 11.8 Å². The van der Waals surface area contributed by atoms with Crippen LogP contribution in [0.5, 0.6) is 0 Å². The lowest BCUT2D eigenvalue weighted by Crippen LogP contribution is -2.65. The number of carbonyl (C=O) groups is 2. The second kappa shape index (κ2) is 11.2. The van der Waals surface area contributed by atoms with Crippen molar-refractivity contribution < 1.29 is 14.7 Å². The third kappa shape index (κ3) is 5.58. The zero-order valence-electron chi connectivity index (χ0n) is 19.2. The van der Waals surface area contributed by atoms with Gasteiger partial charge in [0.15, 0.2) is 0 Å². The van der Waals surface area contributed by atoms with Crippen molar-refractivity contribution in [1.82, 2.24) is 14.7 Å². The Kier molecular flexibility index (Phi) is 8.84. The van der Waals surface area contributed by atoms with Crippen LogP contribution < -0.4 is 0 Å². The lowest BCUT2D eigenvalue weighted by molar-refractivity contribution is -0.159. The molecule has 2 heterocycles. The van der Waals surface area contributed by atoms with Gasteiger partial charge in [-0.1, -0.05) is 36.2 Å². The number of aliphatic hydroxyl groups excluding tert-OH is 1. The summed E-state index contributed by atoms with van der Waals surface area (Å²) in [6.45, 7) is 5.51. The number of hydrogen-bond donors (Lipinski definition) is 1. The van der Waals surface area contributed by atoms with Gasteiger partial charge in [-0.05, 0) is 62.3 Å². The molecule has 0 aliphatic carbocycles. The first-order valence-corrected chi connectivity index (χ1v) is 12.4. The minimum Gasteiger partial charge on any atom is -0.395 e. The monoisotopic (exact) mass is 483 g/mol. The first kappa shape index (κ1) is 25.3. The predicted octanol–water partition coefficient (Wildman–Crippen LogP) is 3.78. The van der Waals surface area contributed by atoms with Crippen LogP contribution in [0.2, 0.25) is 10.0 Å². The molecule has 1 aromatic carbocycles.